The number of non-ortho nitro benzene ring substituents is 1. The van der Waals surface area contributed by atoms with Crippen LogP contribution < -0.4 is 10.6 Å². The lowest BCUT2D eigenvalue weighted by atomic mass is 10.0. The Morgan fingerprint density at radius 1 is 1.05 bits per heavy atom. The average Bonchev–Trinajstić information content (AvgIpc) is 2.47. The van der Waals surface area contributed by atoms with Crippen LogP contribution in [-0.2, 0) is 0 Å². The Morgan fingerprint density at radius 3 is 2.27 bits per heavy atom. The zero-order valence-electron chi connectivity index (χ0n) is 12.4. The van der Waals surface area contributed by atoms with Gasteiger partial charge in [-0.2, -0.15) is 0 Å². The van der Waals surface area contributed by atoms with Crippen molar-refractivity contribution in [1.82, 2.24) is 0 Å². The lowest BCUT2D eigenvalue weighted by molar-refractivity contribution is -0.384. The molecule has 114 valence electrons. The van der Waals surface area contributed by atoms with Crippen LogP contribution in [0.3, 0.4) is 0 Å². The monoisotopic (exact) mass is 299 g/mol. The van der Waals surface area contributed by atoms with Crippen molar-refractivity contribution in [3.05, 3.63) is 64.2 Å². The van der Waals surface area contributed by atoms with Crippen LogP contribution in [0.2, 0.25) is 0 Å². The highest BCUT2D eigenvalue weighted by Gasteiger charge is 2.08. The van der Waals surface area contributed by atoms with Crippen LogP contribution >= 0.6 is 0 Å². The van der Waals surface area contributed by atoms with E-state index in [0.29, 0.717) is 17.3 Å². The van der Waals surface area contributed by atoms with Crippen molar-refractivity contribution in [2.24, 2.45) is 0 Å². The summed E-state index contributed by atoms with van der Waals surface area (Å²) >= 11 is 0. The minimum atomic E-state index is -0.506. The third-order valence-corrected chi connectivity index (χ3v) is 3.15. The van der Waals surface area contributed by atoms with Gasteiger partial charge in [0.1, 0.15) is 0 Å². The zero-order valence-corrected chi connectivity index (χ0v) is 12.4. The van der Waals surface area contributed by atoms with Crippen LogP contribution in [0.4, 0.5) is 21.9 Å². The van der Waals surface area contributed by atoms with Gasteiger partial charge in [0, 0.05) is 23.5 Å². The first-order valence-corrected chi connectivity index (χ1v) is 6.88. The topological polar surface area (TPSA) is 84.3 Å². The molecule has 0 aliphatic rings. The van der Waals surface area contributed by atoms with Crippen LogP contribution in [-0.4, -0.2) is 11.0 Å². The molecule has 6 heteroatoms. The molecule has 0 heterocycles. The number of rotatable bonds is 4. The minimum absolute atomic E-state index is 0.0703. The summed E-state index contributed by atoms with van der Waals surface area (Å²) in [7, 11) is 0. The maximum Gasteiger partial charge on any atom is 0.323 e. The van der Waals surface area contributed by atoms with E-state index in [4.69, 9.17) is 0 Å². The van der Waals surface area contributed by atoms with E-state index in [1.165, 1.54) is 23.8 Å². The predicted molar refractivity (Wildman–Crippen MR) is 86.3 cm³/mol. The number of hydrogen-bond acceptors (Lipinski definition) is 3. The molecule has 0 aliphatic heterocycles. The highest BCUT2D eigenvalue weighted by atomic mass is 16.6. The molecule has 6 nitrogen and oxygen atoms in total. The summed E-state index contributed by atoms with van der Waals surface area (Å²) in [5.74, 6) is 0.424. The van der Waals surface area contributed by atoms with Crippen LogP contribution in [0, 0.1) is 10.1 Å². The molecule has 0 spiro atoms. The number of nitrogens with zero attached hydrogens (tertiary/aromatic N) is 1. The van der Waals surface area contributed by atoms with Crippen molar-refractivity contribution in [2.75, 3.05) is 10.6 Å². The fraction of sp³-hybridized carbons (Fsp3) is 0.188. The summed E-state index contributed by atoms with van der Waals surface area (Å²) in [6.07, 6.45) is 0. The van der Waals surface area contributed by atoms with Crippen LogP contribution in [0.15, 0.2) is 48.5 Å². The number of amides is 2. The molecule has 22 heavy (non-hydrogen) atoms. The zero-order chi connectivity index (χ0) is 16.1. The Kier molecular flexibility index (Phi) is 4.73. The summed E-state index contributed by atoms with van der Waals surface area (Å²) in [6, 6.07) is 12.9. The Morgan fingerprint density at radius 2 is 1.68 bits per heavy atom. The Bertz CT molecular complexity index is 681. The van der Waals surface area contributed by atoms with Crippen molar-refractivity contribution >= 4 is 23.1 Å². The minimum Gasteiger partial charge on any atom is -0.308 e. The van der Waals surface area contributed by atoms with Gasteiger partial charge in [-0.1, -0.05) is 32.0 Å². The third kappa shape index (κ3) is 4.05. The van der Waals surface area contributed by atoms with Gasteiger partial charge in [0.2, 0.25) is 0 Å². The number of carbonyl (C=O) groups excluding carboxylic acids is 1. The van der Waals surface area contributed by atoms with E-state index in [-0.39, 0.29) is 5.69 Å². The number of nitro groups is 1. The molecule has 2 N–H and O–H groups in total. The van der Waals surface area contributed by atoms with Crippen molar-refractivity contribution in [2.45, 2.75) is 19.8 Å². The second-order valence-corrected chi connectivity index (χ2v) is 5.16. The number of benzene rings is 2. The molecule has 0 atom stereocenters. The van der Waals surface area contributed by atoms with E-state index in [2.05, 4.69) is 24.5 Å². The maximum absolute atomic E-state index is 11.9. The highest BCUT2D eigenvalue weighted by molar-refractivity contribution is 5.99. The molecule has 0 radical (unpaired) electrons. The van der Waals surface area contributed by atoms with E-state index in [0.717, 1.165) is 0 Å². The third-order valence-electron chi connectivity index (χ3n) is 3.15. The Balaban J connectivity index is 2.00. The van der Waals surface area contributed by atoms with Gasteiger partial charge in [-0.25, -0.2) is 4.79 Å². The summed E-state index contributed by atoms with van der Waals surface area (Å²) in [4.78, 5) is 22.1. The van der Waals surface area contributed by atoms with Gasteiger partial charge in [0.15, 0.2) is 0 Å². The van der Waals surface area contributed by atoms with E-state index in [9.17, 15) is 14.9 Å². The first-order valence-electron chi connectivity index (χ1n) is 6.88. The Labute approximate surface area is 128 Å². The number of carbonyl (C=O) groups is 1. The van der Waals surface area contributed by atoms with Gasteiger partial charge in [-0.3, -0.25) is 10.1 Å². The maximum atomic E-state index is 11.9. The molecule has 0 aliphatic carbocycles. The largest absolute Gasteiger partial charge is 0.323 e. The number of hydrogen-bond donors (Lipinski definition) is 2. The number of urea groups is 1. The second-order valence-electron chi connectivity index (χ2n) is 5.16. The van der Waals surface area contributed by atoms with E-state index >= 15 is 0 Å². The fourth-order valence-corrected chi connectivity index (χ4v) is 1.94. The van der Waals surface area contributed by atoms with Crippen LogP contribution in [0.5, 0.6) is 0 Å². The lowest BCUT2D eigenvalue weighted by Crippen LogP contribution is -2.19. The van der Waals surface area contributed by atoms with Crippen molar-refractivity contribution in [3.63, 3.8) is 0 Å². The van der Waals surface area contributed by atoms with E-state index in [1.54, 1.807) is 6.07 Å². The molecule has 0 unspecified atom stereocenters. The summed E-state index contributed by atoms with van der Waals surface area (Å²) in [6.45, 7) is 4.19. The highest BCUT2D eigenvalue weighted by Crippen LogP contribution is 2.19. The predicted octanol–water partition coefficient (Wildman–Crippen LogP) is 4.36. The van der Waals surface area contributed by atoms with E-state index in [1.807, 2.05) is 24.3 Å². The number of nitro benzene ring substituents is 1. The molecule has 2 rings (SSSR count). The molecule has 2 aromatic carbocycles. The van der Waals surface area contributed by atoms with E-state index < -0.39 is 11.0 Å². The molecular weight excluding hydrogens is 282 g/mol. The summed E-state index contributed by atoms with van der Waals surface area (Å²) < 4.78 is 0. The van der Waals surface area contributed by atoms with Gasteiger partial charge in [0.25, 0.3) is 5.69 Å². The SMILES string of the molecule is CC(C)c1ccc(NC(=O)Nc2cccc([N+](=O)[O-])c2)cc1. The van der Waals surface area contributed by atoms with Gasteiger partial charge in [-0.05, 0) is 29.7 Å². The van der Waals surface area contributed by atoms with Gasteiger partial charge in [-0.15, -0.1) is 0 Å². The fourth-order valence-electron chi connectivity index (χ4n) is 1.94. The average molecular weight is 299 g/mol. The molecule has 0 saturated carbocycles. The van der Waals surface area contributed by atoms with Crippen LogP contribution in [0.1, 0.15) is 25.3 Å². The quantitative estimate of drug-likeness (QED) is 0.649. The second kappa shape index (κ2) is 6.71. The molecule has 2 aromatic rings. The smallest absolute Gasteiger partial charge is 0.308 e. The van der Waals surface area contributed by atoms with Crippen LogP contribution in [0.25, 0.3) is 0 Å². The molecule has 2 amide bonds. The van der Waals surface area contributed by atoms with Crippen molar-refractivity contribution in [1.29, 1.82) is 0 Å². The molecule has 0 fully saturated rings. The Hall–Kier alpha value is -2.89. The van der Waals surface area contributed by atoms with Gasteiger partial charge >= 0.3 is 6.03 Å². The molecule has 0 bridgehead atoms. The number of nitrogens with one attached hydrogen (secondary N) is 2. The normalized spacial score (nSPS) is 10.3. The molecular formula is C16H17N3O3. The standard InChI is InChI=1S/C16H17N3O3/c1-11(2)12-6-8-13(9-7-12)17-16(20)18-14-4-3-5-15(10-14)19(21)22/h3-11H,1-2H3,(H2,17,18,20). The summed E-state index contributed by atoms with van der Waals surface area (Å²) in [5, 5.41) is 15.9. The first kappa shape index (κ1) is 15.5. The van der Waals surface area contributed by atoms with Gasteiger partial charge < -0.3 is 10.6 Å². The first-order chi connectivity index (χ1) is 10.5. The molecule has 0 saturated heterocycles. The lowest BCUT2D eigenvalue weighted by Gasteiger charge is -2.09. The van der Waals surface area contributed by atoms with Crippen molar-refractivity contribution in [3.8, 4) is 0 Å². The molecule has 0 aromatic heterocycles. The van der Waals surface area contributed by atoms with Gasteiger partial charge in [0.05, 0.1) is 4.92 Å². The summed E-state index contributed by atoms with van der Waals surface area (Å²) in [5.41, 5.74) is 2.14. The van der Waals surface area contributed by atoms with Crippen molar-refractivity contribution < 1.29 is 9.72 Å². The number of anilines is 2.